The van der Waals surface area contributed by atoms with E-state index in [0.717, 1.165) is 0 Å². The van der Waals surface area contributed by atoms with Gasteiger partial charge in [-0.2, -0.15) is 0 Å². The Kier molecular flexibility index (Phi) is 5.03. The Balaban J connectivity index is 2.31. The van der Waals surface area contributed by atoms with E-state index in [4.69, 9.17) is 10.5 Å². The van der Waals surface area contributed by atoms with Crippen molar-refractivity contribution in [2.75, 3.05) is 27.2 Å². The average Bonchev–Trinajstić information content (AvgIpc) is 3.09. The lowest BCUT2D eigenvalue weighted by atomic mass is 10.2. The van der Waals surface area contributed by atoms with E-state index in [9.17, 15) is 4.79 Å². The number of rotatable bonds is 4. The summed E-state index contributed by atoms with van der Waals surface area (Å²) in [5, 5.41) is 0. The Labute approximate surface area is 115 Å². The molecule has 0 spiro atoms. The lowest BCUT2D eigenvalue weighted by Gasteiger charge is -2.24. The topological polar surface area (TPSA) is 71.2 Å². The molecule has 1 aliphatic rings. The maximum atomic E-state index is 11.7. The van der Waals surface area contributed by atoms with Gasteiger partial charge in [0, 0.05) is 26.7 Å². The van der Waals surface area contributed by atoms with Crippen LogP contribution in [0, 0.1) is 0 Å². The molecular formula is C13H26N4O2. The SMILES string of the molecule is CN(CCN=C(N)N(C)C1CC1)C(=O)OC(C)(C)C. The molecule has 6 nitrogen and oxygen atoms in total. The average molecular weight is 270 g/mol. The Morgan fingerprint density at radius 1 is 1.37 bits per heavy atom. The molecule has 0 aromatic carbocycles. The van der Waals surface area contributed by atoms with Gasteiger partial charge >= 0.3 is 6.09 Å². The number of nitrogens with two attached hydrogens (primary N) is 1. The maximum absolute atomic E-state index is 11.7. The monoisotopic (exact) mass is 270 g/mol. The van der Waals surface area contributed by atoms with Gasteiger partial charge in [0.1, 0.15) is 5.60 Å². The highest BCUT2D eigenvalue weighted by Crippen LogP contribution is 2.24. The van der Waals surface area contributed by atoms with Gasteiger partial charge in [0.05, 0.1) is 6.54 Å². The van der Waals surface area contributed by atoms with Gasteiger partial charge in [-0.3, -0.25) is 4.99 Å². The highest BCUT2D eigenvalue weighted by atomic mass is 16.6. The van der Waals surface area contributed by atoms with Crippen LogP contribution in [0.3, 0.4) is 0 Å². The van der Waals surface area contributed by atoms with Crippen molar-refractivity contribution in [2.45, 2.75) is 45.3 Å². The number of aliphatic imine (C=N–C) groups is 1. The van der Waals surface area contributed by atoms with Crippen molar-refractivity contribution in [3.8, 4) is 0 Å². The van der Waals surface area contributed by atoms with Crippen molar-refractivity contribution in [3.05, 3.63) is 0 Å². The third-order valence-corrected chi connectivity index (χ3v) is 2.87. The number of amides is 1. The summed E-state index contributed by atoms with van der Waals surface area (Å²) in [5.74, 6) is 0.542. The highest BCUT2D eigenvalue weighted by Gasteiger charge is 2.27. The molecule has 0 aromatic rings. The first-order valence-electron chi connectivity index (χ1n) is 6.67. The predicted octanol–water partition coefficient (Wildman–Crippen LogP) is 1.26. The van der Waals surface area contributed by atoms with Crippen molar-refractivity contribution >= 4 is 12.1 Å². The maximum Gasteiger partial charge on any atom is 0.410 e. The Bertz CT molecular complexity index is 345. The largest absolute Gasteiger partial charge is 0.444 e. The van der Waals surface area contributed by atoms with Crippen molar-refractivity contribution < 1.29 is 9.53 Å². The Morgan fingerprint density at radius 3 is 2.42 bits per heavy atom. The molecule has 1 aliphatic carbocycles. The number of guanidine groups is 1. The van der Waals surface area contributed by atoms with Crippen molar-refractivity contribution in [2.24, 2.45) is 10.7 Å². The van der Waals surface area contributed by atoms with Crippen molar-refractivity contribution in [3.63, 3.8) is 0 Å². The molecule has 1 fully saturated rings. The lowest BCUT2D eigenvalue weighted by molar-refractivity contribution is 0.0304. The molecule has 0 aromatic heterocycles. The van der Waals surface area contributed by atoms with E-state index in [1.54, 1.807) is 7.05 Å². The van der Waals surface area contributed by atoms with Crippen LogP contribution in [0.15, 0.2) is 4.99 Å². The molecular weight excluding hydrogens is 244 g/mol. The molecule has 110 valence electrons. The van der Waals surface area contributed by atoms with Crippen LogP contribution in [0.4, 0.5) is 4.79 Å². The van der Waals surface area contributed by atoms with Crippen LogP contribution in [-0.2, 0) is 4.74 Å². The zero-order valence-corrected chi connectivity index (χ0v) is 12.6. The van der Waals surface area contributed by atoms with Gasteiger partial charge in [-0.1, -0.05) is 0 Å². The van der Waals surface area contributed by atoms with E-state index in [1.165, 1.54) is 17.7 Å². The van der Waals surface area contributed by atoms with E-state index in [1.807, 2.05) is 32.7 Å². The first-order chi connectivity index (χ1) is 8.70. The van der Waals surface area contributed by atoms with Gasteiger partial charge in [-0.05, 0) is 33.6 Å². The Morgan fingerprint density at radius 2 is 1.95 bits per heavy atom. The standard InChI is InChI=1S/C13H26N4O2/c1-13(2,3)19-12(18)16(4)9-8-15-11(14)17(5)10-6-7-10/h10H,6-9H2,1-5H3,(H2,14,15). The number of hydrogen-bond acceptors (Lipinski definition) is 3. The summed E-state index contributed by atoms with van der Waals surface area (Å²) in [6.45, 7) is 6.52. The molecule has 0 radical (unpaired) electrons. The van der Waals surface area contributed by atoms with E-state index < -0.39 is 5.60 Å². The van der Waals surface area contributed by atoms with Gasteiger partial charge in [0.25, 0.3) is 0 Å². The molecule has 1 amide bonds. The number of nitrogens with zero attached hydrogens (tertiary/aromatic N) is 3. The minimum absolute atomic E-state index is 0.336. The molecule has 6 heteroatoms. The molecule has 0 saturated heterocycles. The van der Waals surface area contributed by atoms with E-state index >= 15 is 0 Å². The molecule has 1 saturated carbocycles. The van der Waals surface area contributed by atoms with Crippen molar-refractivity contribution in [1.29, 1.82) is 0 Å². The van der Waals surface area contributed by atoms with Crippen LogP contribution in [0.1, 0.15) is 33.6 Å². The summed E-state index contributed by atoms with van der Waals surface area (Å²) in [7, 11) is 3.65. The minimum Gasteiger partial charge on any atom is -0.444 e. The minimum atomic E-state index is -0.472. The second kappa shape index (κ2) is 6.12. The zero-order valence-electron chi connectivity index (χ0n) is 12.6. The molecule has 19 heavy (non-hydrogen) atoms. The second-order valence-corrected chi connectivity index (χ2v) is 5.98. The highest BCUT2D eigenvalue weighted by molar-refractivity contribution is 5.78. The van der Waals surface area contributed by atoms with E-state index in [2.05, 4.69) is 4.99 Å². The molecule has 2 N–H and O–H groups in total. The quantitative estimate of drug-likeness (QED) is 0.616. The van der Waals surface area contributed by atoms with Crippen LogP contribution in [0.5, 0.6) is 0 Å². The fourth-order valence-corrected chi connectivity index (χ4v) is 1.51. The summed E-state index contributed by atoms with van der Waals surface area (Å²) < 4.78 is 5.25. The number of ether oxygens (including phenoxy) is 1. The number of carbonyl (C=O) groups is 1. The molecule has 0 aliphatic heterocycles. The van der Waals surface area contributed by atoms with Crippen LogP contribution in [-0.4, -0.2) is 60.7 Å². The van der Waals surface area contributed by atoms with Gasteiger partial charge in [0.2, 0.25) is 0 Å². The fraction of sp³-hybridized carbons (Fsp3) is 0.846. The summed E-state index contributed by atoms with van der Waals surface area (Å²) in [6.07, 6.45) is 2.03. The number of carbonyl (C=O) groups excluding carboxylic acids is 1. The van der Waals surface area contributed by atoms with Crippen molar-refractivity contribution in [1.82, 2.24) is 9.80 Å². The normalized spacial score (nSPS) is 16.2. The molecule has 0 unspecified atom stereocenters. The Hall–Kier alpha value is -1.46. The molecule has 1 rings (SSSR count). The van der Waals surface area contributed by atoms with E-state index in [-0.39, 0.29) is 6.09 Å². The number of hydrogen-bond donors (Lipinski definition) is 1. The molecule has 0 bridgehead atoms. The summed E-state index contributed by atoms with van der Waals surface area (Å²) in [4.78, 5) is 19.5. The smallest absolute Gasteiger partial charge is 0.410 e. The summed E-state index contributed by atoms with van der Waals surface area (Å²) in [6, 6.07) is 0.548. The lowest BCUT2D eigenvalue weighted by Crippen LogP contribution is -2.38. The molecule has 0 heterocycles. The first kappa shape index (κ1) is 15.6. The third kappa shape index (κ3) is 5.81. The third-order valence-electron chi connectivity index (χ3n) is 2.87. The van der Waals surface area contributed by atoms with Crippen LogP contribution in [0.25, 0.3) is 0 Å². The molecule has 0 atom stereocenters. The summed E-state index contributed by atoms with van der Waals surface area (Å²) >= 11 is 0. The predicted molar refractivity (Wildman–Crippen MR) is 76.1 cm³/mol. The number of likely N-dealkylation sites (N-methyl/N-ethyl adjacent to an activating group) is 1. The fourth-order valence-electron chi connectivity index (χ4n) is 1.51. The van der Waals surface area contributed by atoms with Crippen LogP contribution < -0.4 is 5.73 Å². The van der Waals surface area contributed by atoms with E-state index in [0.29, 0.717) is 25.1 Å². The van der Waals surface area contributed by atoms with Gasteiger partial charge in [0.15, 0.2) is 5.96 Å². The summed E-state index contributed by atoms with van der Waals surface area (Å²) in [5.41, 5.74) is 5.39. The van der Waals surface area contributed by atoms with Crippen LogP contribution >= 0.6 is 0 Å². The van der Waals surface area contributed by atoms with Crippen LogP contribution in [0.2, 0.25) is 0 Å². The van der Waals surface area contributed by atoms with Gasteiger partial charge in [-0.15, -0.1) is 0 Å². The first-order valence-corrected chi connectivity index (χ1v) is 6.67. The van der Waals surface area contributed by atoms with Gasteiger partial charge < -0.3 is 20.3 Å². The van der Waals surface area contributed by atoms with Gasteiger partial charge in [-0.25, -0.2) is 4.79 Å². The second-order valence-electron chi connectivity index (χ2n) is 5.98. The zero-order chi connectivity index (χ0) is 14.6.